The number of rotatable bonds is 3. The van der Waals surface area contributed by atoms with Crippen molar-refractivity contribution in [3.63, 3.8) is 0 Å². The molecule has 2 aromatic carbocycles. The molecule has 0 heterocycles. The molecule has 0 aliphatic carbocycles. The molecule has 6 heteroatoms. The molecule has 0 spiro atoms. The average Bonchev–Trinajstić information content (AvgIpc) is 2.56. The number of methoxy groups -OCH3 is 1. The molecule has 0 saturated carbocycles. The van der Waals surface area contributed by atoms with Crippen LogP contribution >= 0.6 is 11.6 Å². The summed E-state index contributed by atoms with van der Waals surface area (Å²) in [6.07, 6.45) is 0. The van der Waals surface area contributed by atoms with Crippen molar-refractivity contribution in [2.75, 3.05) is 7.11 Å². The molecule has 0 saturated heterocycles. The summed E-state index contributed by atoms with van der Waals surface area (Å²) in [4.78, 5) is 25.1. The SMILES string of the molecule is COc1c(C)c(OC(=O)C(C)(C)C)c2cc(Cl)ccc2c1OC(=O)C(C)(C)C. The molecule has 152 valence electrons. The summed E-state index contributed by atoms with van der Waals surface area (Å²) in [5.74, 6) is 0.162. The third-order valence-corrected chi connectivity index (χ3v) is 4.41. The summed E-state index contributed by atoms with van der Waals surface area (Å²) < 4.78 is 17.0. The molecule has 0 unspecified atom stereocenters. The average molecular weight is 407 g/mol. The van der Waals surface area contributed by atoms with Crippen molar-refractivity contribution >= 4 is 34.3 Å². The minimum Gasteiger partial charge on any atom is -0.492 e. The van der Waals surface area contributed by atoms with E-state index in [-0.39, 0.29) is 5.75 Å². The van der Waals surface area contributed by atoms with Crippen LogP contribution in [0.15, 0.2) is 18.2 Å². The van der Waals surface area contributed by atoms with Gasteiger partial charge in [0.05, 0.1) is 17.9 Å². The molecule has 0 amide bonds. The van der Waals surface area contributed by atoms with Crippen molar-refractivity contribution in [3.05, 3.63) is 28.8 Å². The number of carbonyl (C=O) groups is 2. The van der Waals surface area contributed by atoms with Crippen LogP contribution in [0.25, 0.3) is 10.8 Å². The van der Waals surface area contributed by atoms with Gasteiger partial charge >= 0.3 is 11.9 Å². The maximum Gasteiger partial charge on any atom is 0.316 e. The van der Waals surface area contributed by atoms with Crippen LogP contribution in [0, 0.1) is 17.8 Å². The third-order valence-electron chi connectivity index (χ3n) is 4.18. The highest BCUT2D eigenvalue weighted by molar-refractivity contribution is 6.31. The van der Waals surface area contributed by atoms with E-state index in [9.17, 15) is 9.59 Å². The molecular weight excluding hydrogens is 380 g/mol. The highest BCUT2D eigenvalue weighted by Crippen LogP contribution is 2.47. The van der Waals surface area contributed by atoms with Gasteiger partial charge in [-0.3, -0.25) is 9.59 Å². The van der Waals surface area contributed by atoms with Crippen LogP contribution in [0.2, 0.25) is 5.02 Å². The normalized spacial score (nSPS) is 12.0. The molecule has 5 nitrogen and oxygen atoms in total. The van der Waals surface area contributed by atoms with Gasteiger partial charge in [-0.05, 0) is 66.7 Å². The Morgan fingerprint density at radius 2 is 1.32 bits per heavy atom. The topological polar surface area (TPSA) is 61.8 Å². The van der Waals surface area contributed by atoms with Gasteiger partial charge in [-0.1, -0.05) is 11.6 Å². The largest absolute Gasteiger partial charge is 0.492 e. The quantitative estimate of drug-likeness (QED) is 0.482. The summed E-state index contributed by atoms with van der Waals surface area (Å²) in [6, 6.07) is 5.09. The van der Waals surface area contributed by atoms with Gasteiger partial charge in [0.25, 0.3) is 0 Å². The maximum absolute atomic E-state index is 12.5. The Hall–Kier alpha value is -2.27. The zero-order valence-corrected chi connectivity index (χ0v) is 18.4. The van der Waals surface area contributed by atoms with Gasteiger partial charge in [-0.15, -0.1) is 0 Å². The second-order valence-corrected chi connectivity index (χ2v) is 9.22. The van der Waals surface area contributed by atoms with Gasteiger partial charge in [0.15, 0.2) is 11.5 Å². The van der Waals surface area contributed by atoms with Crippen molar-refractivity contribution in [1.29, 1.82) is 0 Å². The number of ether oxygens (including phenoxy) is 3. The molecule has 0 radical (unpaired) electrons. The van der Waals surface area contributed by atoms with Gasteiger partial charge in [0.2, 0.25) is 0 Å². The van der Waals surface area contributed by atoms with Crippen LogP contribution < -0.4 is 14.2 Å². The monoisotopic (exact) mass is 406 g/mol. The van der Waals surface area contributed by atoms with Crippen LogP contribution in [-0.2, 0) is 9.59 Å². The Bertz CT molecular complexity index is 933. The highest BCUT2D eigenvalue weighted by Gasteiger charge is 2.30. The molecular formula is C22H27ClO5. The summed E-state index contributed by atoms with van der Waals surface area (Å²) in [5.41, 5.74) is -0.844. The first kappa shape index (κ1) is 22.0. The summed E-state index contributed by atoms with van der Waals surface area (Å²) in [7, 11) is 1.48. The van der Waals surface area contributed by atoms with Crippen molar-refractivity contribution in [3.8, 4) is 17.2 Å². The Morgan fingerprint density at radius 1 is 0.821 bits per heavy atom. The number of benzene rings is 2. The van der Waals surface area contributed by atoms with Crippen LogP contribution in [-0.4, -0.2) is 19.0 Å². The Kier molecular flexibility index (Phi) is 6.00. The van der Waals surface area contributed by atoms with E-state index in [4.69, 9.17) is 25.8 Å². The molecule has 0 bridgehead atoms. The molecule has 0 atom stereocenters. The van der Waals surface area contributed by atoms with Gasteiger partial charge < -0.3 is 14.2 Å². The summed E-state index contributed by atoms with van der Waals surface area (Å²) in [6.45, 7) is 12.4. The van der Waals surface area contributed by atoms with E-state index in [0.29, 0.717) is 32.9 Å². The summed E-state index contributed by atoms with van der Waals surface area (Å²) in [5, 5.41) is 1.61. The first-order valence-corrected chi connectivity index (χ1v) is 9.39. The van der Waals surface area contributed by atoms with E-state index in [1.54, 1.807) is 66.7 Å². The zero-order valence-electron chi connectivity index (χ0n) is 17.7. The fourth-order valence-corrected chi connectivity index (χ4v) is 2.64. The van der Waals surface area contributed by atoms with Crippen LogP contribution in [0.4, 0.5) is 0 Å². The van der Waals surface area contributed by atoms with E-state index in [2.05, 4.69) is 0 Å². The number of halogens is 1. The molecule has 0 fully saturated rings. The highest BCUT2D eigenvalue weighted by atomic mass is 35.5. The smallest absolute Gasteiger partial charge is 0.316 e. The summed E-state index contributed by atoms with van der Waals surface area (Å²) >= 11 is 6.19. The lowest BCUT2D eigenvalue weighted by Gasteiger charge is -2.23. The number of fused-ring (bicyclic) bond motifs is 1. The minimum absolute atomic E-state index is 0.280. The lowest BCUT2D eigenvalue weighted by Crippen LogP contribution is -2.27. The minimum atomic E-state index is -0.699. The molecule has 2 rings (SSSR count). The second-order valence-electron chi connectivity index (χ2n) is 8.79. The van der Waals surface area contributed by atoms with Crippen molar-refractivity contribution in [2.45, 2.75) is 48.5 Å². The zero-order chi connectivity index (χ0) is 21.4. The van der Waals surface area contributed by atoms with Gasteiger partial charge in [0.1, 0.15) is 5.75 Å². The van der Waals surface area contributed by atoms with Crippen LogP contribution in [0.5, 0.6) is 17.2 Å². The van der Waals surface area contributed by atoms with Crippen molar-refractivity contribution in [2.24, 2.45) is 10.8 Å². The first-order valence-electron chi connectivity index (χ1n) is 9.01. The fraction of sp³-hybridized carbons (Fsp3) is 0.455. The molecule has 2 aromatic rings. The fourth-order valence-electron chi connectivity index (χ4n) is 2.47. The molecule has 0 aliphatic heterocycles. The first-order chi connectivity index (χ1) is 12.8. The van der Waals surface area contributed by atoms with Crippen LogP contribution in [0.1, 0.15) is 47.1 Å². The van der Waals surface area contributed by atoms with E-state index in [1.807, 2.05) is 0 Å². The number of esters is 2. The predicted octanol–water partition coefficient (Wildman–Crippen LogP) is 5.71. The van der Waals surface area contributed by atoms with E-state index < -0.39 is 22.8 Å². The standard InChI is InChI=1S/C22H27ClO5/c1-12-16(27-19(24)21(2,3)4)15-11-13(23)9-10-14(15)18(17(12)26-8)28-20(25)22(5,6)7/h9-11H,1-8H3. The van der Waals surface area contributed by atoms with E-state index in [1.165, 1.54) is 7.11 Å². The second kappa shape index (κ2) is 7.63. The molecule has 0 aliphatic rings. The number of hydrogen-bond donors (Lipinski definition) is 0. The number of carbonyl (C=O) groups excluding carboxylic acids is 2. The Morgan fingerprint density at radius 3 is 1.79 bits per heavy atom. The third kappa shape index (κ3) is 4.41. The maximum atomic E-state index is 12.5. The van der Waals surface area contributed by atoms with E-state index >= 15 is 0 Å². The van der Waals surface area contributed by atoms with Crippen molar-refractivity contribution in [1.82, 2.24) is 0 Å². The molecule has 0 N–H and O–H groups in total. The molecule has 0 aromatic heterocycles. The Labute approximate surface area is 170 Å². The predicted molar refractivity (Wildman–Crippen MR) is 110 cm³/mol. The lowest BCUT2D eigenvalue weighted by atomic mass is 9.96. The Balaban J connectivity index is 2.78. The lowest BCUT2D eigenvalue weighted by molar-refractivity contribution is -0.143. The van der Waals surface area contributed by atoms with Crippen molar-refractivity contribution < 1.29 is 23.8 Å². The van der Waals surface area contributed by atoms with Crippen LogP contribution in [0.3, 0.4) is 0 Å². The van der Waals surface area contributed by atoms with Gasteiger partial charge in [0, 0.05) is 21.4 Å². The number of hydrogen-bond acceptors (Lipinski definition) is 5. The van der Waals surface area contributed by atoms with Gasteiger partial charge in [-0.25, -0.2) is 0 Å². The van der Waals surface area contributed by atoms with Gasteiger partial charge in [-0.2, -0.15) is 0 Å². The van der Waals surface area contributed by atoms with E-state index in [0.717, 1.165) is 0 Å². The molecule has 28 heavy (non-hydrogen) atoms.